The second kappa shape index (κ2) is 5.87. The fraction of sp³-hybridized carbons (Fsp3) is 0.625. The van der Waals surface area contributed by atoms with E-state index < -0.39 is 10.0 Å². The van der Waals surface area contributed by atoms with Gasteiger partial charge in [-0.15, -0.1) is 0 Å². The largest absolute Gasteiger partial charge is 0.497 e. The van der Waals surface area contributed by atoms with Gasteiger partial charge in [-0.05, 0) is 36.8 Å². The van der Waals surface area contributed by atoms with E-state index in [1.54, 1.807) is 11.4 Å². The Morgan fingerprint density at radius 3 is 2.76 bits per heavy atom. The van der Waals surface area contributed by atoms with Crippen LogP contribution in [0.5, 0.6) is 5.75 Å². The van der Waals surface area contributed by atoms with Gasteiger partial charge >= 0.3 is 0 Å². The van der Waals surface area contributed by atoms with E-state index in [1.165, 1.54) is 19.3 Å². The van der Waals surface area contributed by atoms with Crippen LogP contribution in [0.1, 0.15) is 37.7 Å². The number of nitrogens with zero attached hydrogens (tertiary/aromatic N) is 1. The molecule has 1 heterocycles. The van der Waals surface area contributed by atoms with Crippen LogP contribution >= 0.6 is 0 Å². The highest BCUT2D eigenvalue weighted by atomic mass is 32.2. The number of hydrogen-bond acceptors (Lipinski definition) is 3. The van der Waals surface area contributed by atoms with E-state index in [1.807, 2.05) is 18.2 Å². The van der Waals surface area contributed by atoms with E-state index in [4.69, 9.17) is 4.74 Å². The van der Waals surface area contributed by atoms with Crippen LogP contribution in [0, 0.1) is 5.92 Å². The van der Waals surface area contributed by atoms with Crippen molar-refractivity contribution in [2.24, 2.45) is 5.92 Å². The van der Waals surface area contributed by atoms with Crippen molar-refractivity contribution >= 4 is 15.7 Å². The summed E-state index contributed by atoms with van der Waals surface area (Å²) in [6, 6.07) is 5.75. The third kappa shape index (κ3) is 3.03. The summed E-state index contributed by atoms with van der Waals surface area (Å²) in [5.41, 5.74) is 1.92. The monoisotopic (exact) mass is 309 g/mol. The van der Waals surface area contributed by atoms with Crippen LogP contribution in [0.25, 0.3) is 0 Å². The Hall–Kier alpha value is -1.23. The lowest BCUT2D eigenvalue weighted by molar-refractivity contribution is 0.307. The summed E-state index contributed by atoms with van der Waals surface area (Å²) in [5.74, 6) is 1.61. The van der Waals surface area contributed by atoms with Gasteiger partial charge in [-0.1, -0.05) is 25.3 Å². The van der Waals surface area contributed by atoms with Crippen molar-refractivity contribution in [1.82, 2.24) is 0 Å². The van der Waals surface area contributed by atoms with Crippen molar-refractivity contribution < 1.29 is 13.2 Å². The van der Waals surface area contributed by atoms with Crippen molar-refractivity contribution in [1.29, 1.82) is 0 Å². The average Bonchev–Trinajstić information content (AvgIpc) is 2.44. The fourth-order valence-electron chi connectivity index (χ4n) is 3.14. The average molecular weight is 309 g/mol. The molecule has 1 aromatic rings. The molecule has 0 saturated heterocycles. The van der Waals surface area contributed by atoms with Crippen molar-refractivity contribution in [2.75, 3.05) is 23.7 Å². The predicted molar refractivity (Wildman–Crippen MR) is 84.4 cm³/mol. The first-order chi connectivity index (χ1) is 10.1. The van der Waals surface area contributed by atoms with Crippen LogP contribution < -0.4 is 9.04 Å². The Balaban J connectivity index is 1.82. The van der Waals surface area contributed by atoms with Gasteiger partial charge in [0.2, 0.25) is 10.0 Å². The molecule has 0 unspecified atom stereocenters. The predicted octanol–water partition coefficient (Wildman–Crippen LogP) is 2.97. The zero-order valence-electron chi connectivity index (χ0n) is 12.5. The highest BCUT2D eigenvalue weighted by molar-refractivity contribution is 7.92. The van der Waals surface area contributed by atoms with Crippen LogP contribution in [0.2, 0.25) is 0 Å². The number of rotatable bonds is 5. The number of sulfonamides is 1. The molecule has 1 aromatic carbocycles. The van der Waals surface area contributed by atoms with E-state index in [2.05, 4.69) is 0 Å². The van der Waals surface area contributed by atoms with Crippen LogP contribution in [-0.2, 0) is 16.4 Å². The van der Waals surface area contributed by atoms with Crippen LogP contribution in [0.15, 0.2) is 18.2 Å². The molecule has 0 N–H and O–H groups in total. The quantitative estimate of drug-likeness (QED) is 0.840. The van der Waals surface area contributed by atoms with Gasteiger partial charge in [-0.25, -0.2) is 8.42 Å². The topological polar surface area (TPSA) is 46.6 Å². The molecule has 0 bridgehead atoms. The SMILES string of the molecule is COc1ccc2c(c1)N(S(=O)(=O)CCC1CCC1)CCC2. The molecule has 1 fully saturated rings. The zero-order chi connectivity index (χ0) is 14.9. The normalized spacial score (nSPS) is 19.0. The number of methoxy groups -OCH3 is 1. The number of anilines is 1. The molecule has 1 aliphatic carbocycles. The Kier molecular flexibility index (Phi) is 4.11. The lowest BCUT2D eigenvalue weighted by atomic mass is 9.84. The number of fused-ring (bicyclic) bond motifs is 1. The molecule has 0 radical (unpaired) electrons. The van der Waals surface area contributed by atoms with Gasteiger partial charge in [0.05, 0.1) is 18.6 Å². The number of hydrogen-bond donors (Lipinski definition) is 0. The molecule has 0 spiro atoms. The van der Waals surface area contributed by atoms with Gasteiger partial charge in [0.15, 0.2) is 0 Å². The minimum atomic E-state index is -3.22. The summed E-state index contributed by atoms with van der Waals surface area (Å²) < 4.78 is 32.2. The maximum Gasteiger partial charge on any atom is 0.235 e. The summed E-state index contributed by atoms with van der Waals surface area (Å²) in [7, 11) is -1.60. The summed E-state index contributed by atoms with van der Waals surface area (Å²) in [5, 5.41) is 0. The Morgan fingerprint density at radius 1 is 1.29 bits per heavy atom. The van der Waals surface area contributed by atoms with Crippen LogP contribution in [0.3, 0.4) is 0 Å². The molecule has 0 amide bonds. The lowest BCUT2D eigenvalue weighted by Crippen LogP contribution is -2.37. The highest BCUT2D eigenvalue weighted by Crippen LogP contribution is 2.34. The molecule has 4 nitrogen and oxygen atoms in total. The maximum absolute atomic E-state index is 12.7. The van der Waals surface area contributed by atoms with Gasteiger partial charge in [-0.3, -0.25) is 4.31 Å². The molecule has 5 heteroatoms. The third-order valence-electron chi connectivity index (χ3n) is 4.71. The smallest absolute Gasteiger partial charge is 0.235 e. The molecule has 3 rings (SSSR count). The first kappa shape index (κ1) is 14.7. The van der Waals surface area contributed by atoms with E-state index in [9.17, 15) is 8.42 Å². The highest BCUT2D eigenvalue weighted by Gasteiger charge is 2.29. The minimum Gasteiger partial charge on any atom is -0.497 e. The molecule has 2 aliphatic rings. The summed E-state index contributed by atoms with van der Waals surface area (Å²) >= 11 is 0. The van der Waals surface area contributed by atoms with Gasteiger partial charge < -0.3 is 4.74 Å². The third-order valence-corrected chi connectivity index (χ3v) is 6.52. The van der Waals surface area contributed by atoms with Crippen molar-refractivity contribution in [3.63, 3.8) is 0 Å². The molecule has 0 atom stereocenters. The Morgan fingerprint density at radius 2 is 2.10 bits per heavy atom. The summed E-state index contributed by atoms with van der Waals surface area (Å²) in [6.45, 7) is 0.590. The summed E-state index contributed by atoms with van der Waals surface area (Å²) in [4.78, 5) is 0. The lowest BCUT2D eigenvalue weighted by Gasteiger charge is -2.32. The van der Waals surface area contributed by atoms with Gasteiger partial charge in [0.1, 0.15) is 5.75 Å². The van der Waals surface area contributed by atoms with Crippen LogP contribution in [0.4, 0.5) is 5.69 Å². The molecular weight excluding hydrogens is 286 g/mol. The van der Waals surface area contributed by atoms with E-state index in [-0.39, 0.29) is 5.75 Å². The number of benzene rings is 1. The molecular formula is C16H23NO3S. The van der Waals surface area contributed by atoms with Crippen LogP contribution in [-0.4, -0.2) is 27.8 Å². The Labute approximate surface area is 127 Å². The first-order valence-electron chi connectivity index (χ1n) is 7.77. The van der Waals surface area contributed by atoms with Crippen molar-refractivity contribution in [2.45, 2.75) is 38.5 Å². The standard InChI is InChI=1S/C16H23NO3S/c1-20-15-8-7-14-6-3-10-17(16(14)12-15)21(18,19)11-9-13-4-2-5-13/h7-8,12-13H,2-6,9-11H2,1H3. The summed E-state index contributed by atoms with van der Waals surface area (Å²) in [6.07, 6.45) is 6.28. The zero-order valence-corrected chi connectivity index (χ0v) is 13.4. The number of ether oxygens (including phenoxy) is 1. The van der Waals surface area contributed by atoms with Gasteiger partial charge in [0, 0.05) is 12.6 Å². The van der Waals surface area contributed by atoms with Gasteiger partial charge in [0.25, 0.3) is 0 Å². The maximum atomic E-state index is 12.7. The fourth-order valence-corrected chi connectivity index (χ4v) is 4.87. The minimum absolute atomic E-state index is 0.272. The second-order valence-corrected chi connectivity index (χ2v) is 8.08. The molecule has 1 saturated carbocycles. The van der Waals surface area contributed by atoms with Gasteiger partial charge in [-0.2, -0.15) is 0 Å². The Bertz CT molecular complexity index is 608. The number of aryl methyl sites for hydroxylation is 1. The molecule has 1 aliphatic heterocycles. The second-order valence-electron chi connectivity index (χ2n) is 6.07. The molecule has 21 heavy (non-hydrogen) atoms. The van der Waals surface area contributed by atoms with E-state index >= 15 is 0 Å². The van der Waals surface area contributed by atoms with Crippen molar-refractivity contribution in [3.05, 3.63) is 23.8 Å². The van der Waals surface area contributed by atoms with E-state index in [0.717, 1.165) is 36.3 Å². The molecule has 0 aromatic heterocycles. The molecule has 116 valence electrons. The van der Waals surface area contributed by atoms with Crippen molar-refractivity contribution in [3.8, 4) is 5.75 Å². The first-order valence-corrected chi connectivity index (χ1v) is 9.38. The van der Waals surface area contributed by atoms with E-state index in [0.29, 0.717) is 12.5 Å².